The predicted molar refractivity (Wildman–Crippen MR) is 87.3 cm³/mol. The van der Waals surface area contributed by atoms with Gasteiger partial charge in [-0.15, -0.1) is 0 Å². The van der Waals surface area contributed by atoms with Gasteiger partial charge in [0, 0.05) is 45.3 Å². The molecular weight excluding hydrogens is 262 g/mol. The predicted octanol–water partition coefficient (Wildman–Crippen LogP) is 2.10. The molecule has 1 saturated carbocycles. The summed E-state index contributed by atoms with van der Waals surface area (Å²) in [5.41, 5.74) is 7.22. The first-order valence-corrected chi connectivity index (χ1v) is 7.83. The van der Waals surface area contributed by atoms with Gasteiger partial charge in [-0.1, -0.05) is 24.6 Å². The van der Waals surface area contributed by atoms with Crippen molar-refractivity contribution in [2.75, 3.05) is 32.1 Å². The first-order chi connectivity index (χ1) is 10.1. The maximum absolute atomic E-state index is 12.2. The quantitative estimate of drug-likeness (QED) is 0.872. The van der Waals surface area contributed by atoms with Crippen LogP contribution in [0.15, 0.2) is 30.3 Å². The molecule has 116 valence electrons. The van der Waals surface area contributed by atoms with Gasteiger partial charge in [-0.3, -0.25) is 4.79 Å². The Bertz CT molecular complexity index is 449. The molecule has 0 aromatic heterocycles. The molecule has 0 unspecified atom stereocenters. The highest BCUT2D eigenvalue weighted by Gasteiger charge is 2.27. The van der Waals surface area contributed by atoms with Gasteiger partial charge >= 0.3 is 0 Å². The molecule has 1 amide bonds. The fourth-order valence-corrected chi connectivity index (χ4v) is 2.94. The lowest BCUT2D eigenvalue weighted by atomic mass is 9.99. The van der Waals surface area contributed by atoms with E-state index in [-0.39, 0.29) is 11.9 Å². The van der Waals surface area contributed by atoms with Gasteiger partial charge in [0.1, 0.15) is 0 Å². The van der Waals surface area contributed by atoms with Crippen molar-refractivity contribution in [1.82, 2.24) is 4.90 Å². The van der Waals surface area contributed by atoms with Crippen molar-refractivity contribution < 1.29 is 4.79 Å². The summed E-state index contributed by atoms with van der Waals surface area (Å²) < 4.78 is 0. The van der Waals surface area contributed by atoms with Crippen LogP contribution in [0.5, 0.6) is 0 Å². The zero-order valence-corrected chi connectivity index (χ0v) is 13.2. The number of nitrogens with zero attached hydrogens (tertiary/aromatic N) is 2. The third kappa shape index (κ3) is 4.46. The number of amides is 1. The lowest BCUT2D eigenvalue weighted by molar-refractivity contribution is -0.130. The largest absolute Gasteiger partial charge is 0.373 e. The summed E-state index contributed by atoms with van der Waals surface area (Å²) in [6, 6.07) is 10.5. The molecule has 0 bridgehead atoms. The topological polar surface area (TPSA) is 49.6 Å². The Morgan fingerprint density at radius 2 is 1.90 bits per heavy atom. The first-order valence-electron chi connectivity index (χ1n) is 7.83. The molecule has 0 spiro atoms. The molecule has 1 aliphatic carbocycles. The molecule has 4 heteroatoms. The van der Waals surface area contributed by atoms with Crippen LogP contribution in [-0.2, 0) is 4.79 Å². The van der Waals surface area contributed by atoms with Crippen molar-refractivity contribution in [2.45, 2.75) is 31.7 Å². The highest BCUT2D eigenvalue weighted by Crippen LogP contribution is 2.27. The van der Waals surface area contributed by atoms with Crippen molar-refractivity contribution in [2.24, 2.45) is 11.7 Å². The highest BCUT2D eigenvalue weighted by molar-refractivity contribution is 5.76. The van der Waals surface area contributed by atoms with Gasteiger partial charge in [0.25, 0.3) is 0 Å². The Hall–Kier alpha value is -1.55. The average molecular weight is 289 g/mol. The maximum atomic E-state index is 12.2. The van der Waals surface area contributed by atoms with Crippen LogP contribution < -0.4 is 10.6 Å². The van der Waals surface area contributed by atoms with Gasteiger partial charge in [-0.2, -0.15) is 0 Å². The van der Waals surface area contributed by atoms with Crippen LogP contribution in [0.3, 0.4) is 0 Å². The molecule has 0 saturated heterocycles. The van der Waals surface area contributed by atoms with Crippen LogP contribution in [0.2, 0.25) is 0 Å². The van der Waals surface area contributed by atoms with Gasteiger partial charge < -0.3 is 15.5 Å². The molecule has 0 aliphatic heterocycles. The number of likely N-dealkylation sites (N-methyl/N-ethyl adjacent to an activating group) is 2. The summed E-state index contributed by atoms with van der Waals surface area (Å²) in [7, 11) is 3.95. The van der Waals surface area contributed by atoms with Gasteiger partial charge in [0.15, 0.2) is 0 Å². The Kier molecular flexibility index (Phi) is 5.62. The van der Waals surface area contributed by atoms with E-state index >= 15 is 0 Å². The third-order valence-electron chi connectivity index (χ3n) is 4.55. The standard InChI is InChI=1S/C17H27N3O/c1-19(15-8-4-3-5-9-15)11-12-20(2)17(21)13-14-7-6-10-16(14)18/h3-5,8-9,14,16H,6-7,10-13,18H2,1-2H3/t14-,16+/m0/s1. The second-order valence-electron chi connectivity index (χ2n) is 6.13. The van der Waals surface area contributed by atoms with Crippen LogP contribution in [0.25, 0.3) is 0 Å². The van der Waals surface area contributed by atoms with Gasteiger partial charge in [0.05, 0.1) is 0 Å². The van der Waals surface area contributed by atoms with Crippen molar-refractivity contribution >= 4 is 11.6 Å². The van der Waals surface area contributed by atoms with E-state index in [1.165, 1.54) is 12.1 Å². The molecule has 2 N–H and O–H groups in total. The van der Waals surface area contributed by atoms with Crippen LogP contribution >= 0.6 is 0 Å². The lowest BCUT2D eigenvalue weighted by Gasteiger charge is -2.25. The van der Waals surface area contributed by atoms with E-state index in [1.807, 2.05) is 30.1 Å². The molecule has 0 radical (unpaired) electrons. The molecule has 1 fully saturated rings. The normalized spacial score (nSPS) is 21.3. The SMILES string of the molecule is CN(CCN(C)c1ccccc1)C(=O)C[C@@H]1CCC[C@H]1N. The summed E-state index contributed by atoms with van der Waals surface area (Å²) in [4.78, 5) is 16.3. The van der Waals surface area contributed by atoms with E-state index in [9.17, 15) is 4.79 Å². The molecule has 21 heavy (non-hydrogen) atoms. The number of hydrogen-bond donors (Lipinski definition) is 1. The number of benzene rings is 1. The van der Waals surface area contributed by atoms with Crippen molar-refractivity contribution in [3.8, 4) is 0 Å². The second kappa shape index (κ2) is 7.46. The van der Waals surface area contributed by atoms with Crippen LogP contribution in [0.1, 0.15) is 25.7 Å². The van der Waals surface area contributed by atoms with Crippen molar-refractivity contribution in [3.05, 3.63) is 30.3 Å². The minimum atomic E-state index is 0.217. The van der Waals surface area contributed by atoms with Crippen LogP contribution in [0.4, 0.5) is 5.69 Å². The van der Waals surface area contributed by atoms with E-state index in [4.69, 9.17) is 5.73 Å². The first kappa shape index (κ1) is 15.8. The number of para-hydroxylation sites is 1. The van der Waals surface area contributed by atoms with E-state index in [0.717, 1.165) is 25.9 Å². The van der Waals surface area contributed by atoms with E-state index in [2.05, 4.69) is 24.1 Å². The van der Waals surface area contributed by atoms with Crippen LogP contribution in [0, 0.1) is 5.92 Å². The molecule has 1 aromatic rings. The van der Waals surface area contributed by atoms with E-state index < -0.39 is 0 Å². The number of carbonyl (C=O) groups is 1. The minimum absolute atomic E-state index is 0.217. The Morgan fingerprint density at radius 3 is 2.52 bits per heavy atom. The van der Waals surface area contributed by atoms with Gasteiger partial charge in [-0.05, 0) is 30.9 Å². The molecule has 4 nitrogen and oxygen atoms in total. The third-order valence-corrected chi connectivity index (χ3v) is 4.55. The molecule has 2 rings (SSSR count). The smallest absolute Gasteiger partial charge is 0.222 e. The zero-order valence-electron chi connectivity index (χ0n) is 13.2. The minimum Gasteiger partial charge on any atom is -0.373 e. The fourth-order valence-electron chi connectivity index (χ4n) is 2.94. The summed E-state index contributed by atoms with van der Waals surface area (Å²) in [5, 5.41) is 0. The average Bonchev–Trinajstić information content (AvgIpc) is 2.90. The van der Waals surface area contributed by atoms with Gasteiger partial charge in [0.2, 0.25) is 5.91 Å². The van der Waals surface area contributed by atoms with E-state index in [1.54, 1.807) is 0 Å². The summed E-state index contributed by atoms with van der Waals surface area (Å²) in [6.45, 7) is 1.58. The van der Waals surface area contributed by atoms with Gasteiger partial charge in [-0.25, -0.2) is 0 Å². The molecule has 0 heterocycles. The summed E-state index contributed by atoms with van der Waals surface area (Å²) in [6.07, 6.45) is 3.94. The molecule has 2 atom stereocenters. The number of hydrogen-bond acceptors (Lipinski definition) is 3. The fraction of sp³-hybridized carbons (Fsp3) is 0.588. The van der Waals surface area contributed by atoms with E-state index in [0.29, 0.717) is 12.3 Å². The molecule has 1 aromatic carbocycles. The van der Waals surface area contributed by atoms with Crippen LogP contribution in [-0.4, -0.2) is 44.0 Å². The van der Waals surface area contributed by atoms with Crippen molar-refractivity contribution in [1.29, 1.82) is 0 Å². The number of carbonyl (C=O) groups excluding carboxylic acids is 1. The number of anilines is 1. The maximum Gasteiger partial charge on any atom is 0.222 e. The summed E-state index contributed by atoms with van der Waals surface area (Å²) in [5.74, 6) is 0.602. The second-order valence-corrected chi connectivity index (χ2v) is 6.13. The number of nitrogens with two attached hydrogens (primary N) is 1. The zero-order chi connectivity index (χ0) is 15.2. The monoisotopic (exact) mass is 289 g/mol. The Morgan fingerprint density at radius 1 is 1.19 bits per heavy atom. The molecular formula is C17H27N3O. The van der Waals surface area contributed by atoms with Crippen molar-refractivity contribution in [3.63, 3.8) is 0 Å². The Balaban J connectivity index is 1.76. The molecule has 1 aliphatic rings. The summed E-state index contributed by atoms with van der Waals surface area (Å²) >= 11 is 0. The lowest BCUT2D eigenvalue weighted by Crippen LogP contribution is -2.37. The number of rotatable bonds is 6. The highest BCUT2D eigenvalue weighted by atomic mass is 16.2. The Labute approximate surface area is 127 Å².